The Balaban J connectivity index is 1.33. The lowest BCUT2D eigenvalue weighted by atomic mass is 9.95. The fourth-order valence-corrected chi connectivity index (χ4v) is 8.58. The maximum atomic E-state index is 14.5. The summed E-state index contributed by atoms with van der Waals surface area (Å²) >= 11 is 0. The van der Waals surface area contributed by atoms with Gasteiger partial charge in [0, 0.05) is 73.9 Å². The summed E-state index contributed by atoms with van der Waals surface area (Å²) < 4.78 is 35.6. The van der Waals surface area contributed by atoms with Crippen molar-refractivity contribution in [2.75, 3.05) is 26.0 Å². The number of nitrogens with two attached hydrogens (primary N) is 1. The molecule has 0 bridgehead atoms. The smallest absolute Gasteiger partial charge is 0.266 e. The molecule has 5 atom stereocenters. The molecule has 56 heavy (non-hydrogen) atoms. The molecule has 2 fully saturated rings. The van der Waals surface area contributed by atoms with E-state index in [-0.39, 0.29) is 72.3 Å². The first-order valence-electron chi connectivity index (χ1n) is 18.5. The molecule has 302 valence electrons. The van der Waals surface area contributed by atoms with E-state index in [1.54, 1.807) is 23.1 Å². The Kier molecular flexibility index (Phi) is 13.0. The lowest BCUT2D eigenvalue weighted by molar-refractivity contribution is -0.146. The van der Waals surface area contributed by atoms with Gasteiger partial charge in [0.05, 0.1) is 16.5 Å². The van der Waals surface area contributed by atoms with Gasteiger partial charge in [0.1, 0.15) is 12.1 Å². The van der Waals surface area contributed by atoms with Crippen molar-refractivity contribution >= 4 is 63.0 Å². The summed E-state index contributed by atoms with van der Waals surface area (Å²) in [6.45, 7) is 5.88. The van der Waals surface area contributed by atoms with Crippen molar-refractivity contribution in [2.24, 2.45) is 11.7 Å². The third-order valence-electron chi connectivity index (χ3n) is 10.5. The van der Waals surface area contributed by atoms with Gasteiger partial charge < -0.3 is 36.0 Å². The maximum absolute atomic E-state index is 14.5. The summed E-state index contributed by atoms with van der Waals surface area (Å²) in [6.07, 6.45) is 2.06. The fourth-order valence-electron chi connectivity index (χ4n) is 7.34. The van der Waals surface area contributed by atoms with Crippen LogP contribution < -0.4 is 16.4 Å². The first-order chi connectivity index (χ1) is 26.2. The van der Waals surface area contributed by atoms with Crippen molar-refractivity contribution in [2.45, 2.75) is 88.0 Å². The first-order valence-corrected chi connectivity index (χ1v) is 22.5. The molecule has 3 aromatic rings. The molecule has 0 saturated carbocycles. The van der Waals surface area contributed by atoms with Gasteiger partial charge in [0.25, 0.3) is 7.37 Å². The van der Waals surface area contributed by atoms with E-state index in [2.05, 4.69) is 20.5 Å². The van der Waals surface area contributed by atoms with Crippen LogP contribution in [0.15, 0.2) is 53.4 Å². The number of hydrogen-bond donors (Lipinski definition) is 5. The number of rotatable bonds is 15. The molecule has 5 rings (SSSR count). The molecule has 1 aromatic heterocycles. The zero-order chi connectivity index (χ0) is 41.1. The summed E-state index contributed by atoms with van der Waals surface area (Å²) in [5.41, 5.74) is 5.84. The molecule has 0 spiro atoms. The number of nitrogens with one attached hydrogen (secondary N) is 3. The minimum atomic E-state index is -4.03. The van der Waals surface area contributed by atoms with Gasteiger partial charge in [-0.05, 0) is 81.5 Å². The normalized spacial score (nSPS) is 20.8. The molecule has 2 aliphatic heterocycles. The molecule has 16 nitrogen and oxygen atoms in total. The standard InChI is InChI=1S/C38H49N6O10PS/c1-22(2)43-16-15-27-8-13-32(36(48)42-30(12-14-34(39)46)35(47)40-20-23-5-9-28(10-6-23)56(4,53)54)44(27)37(49)26(21-43)19-33(45)31-18-25-17-24(7-11-29(25)41-31)38(50)55(3,51)52/h5-7,9-11,17-18,22,26-27,30,32,41H,8,12-16,19-21H2,1-4H3,(H2,39,46)(H,40,47)(H,42,48)(H,51,52)/t26-,27+,30-,32-/m0/s1. The molecule has 4 amide bonds. The van der Waals surface area contributed by atoms with E-state index in [1.165, 1.54) is 30.3 Å². The Labute approximate surface area is 325 Å². The number of H-pyrrole nitrogens is 1. The number of fused-ring (bicyclic) bond motifs is 2. The highest BCUT2D eigenvalue weighted by Crippen LogP contribution is 2.40. The van der Waals surface area contributed by atoms with Crippen LogP contribution in [0.3, 0.4) is 0 Å². The Morgan fingerprint density at radius 2 is 1.73 bits per heavy atom. The average Bonchev–Trinajstić information content (AvgIpc) is 3.75. The Hall–Kier alpha value is -4.70. The quantitative estimate of drug-likeness (QED) is 0.110. The zero-order valence-corrected chi connectivity index (χ0v) is 33.5. The predicted octanol–water partition coefficient (Wildman–Crippen LogP) is 2.34. The highest BCUT2D eigenvalue weighted by atomic mass is 32.2. The number of sulfone groups is 1. The summed E-state index contributed by atoms with van der Waals surface area (Å²) in [6, 6.07) is 9.56. The molecular weight excluding hydrogens is 763 g/mol. The van der Waals surface area contributed by atoms with E-state index in [0.29, 0.717) is 42.3 Å². The second-order valence-electron chi connectivity index (χ2n) is 15.1. The van der Waals surface area contributed by atoms with Crippen LogP contribution >= 0.6 is 7.37 Å². The van der Waals surface area contributed by atoms with Gasteiger partial charge in [-0.25, -0.2) is 8.42 Å². The van der Waals surface area contributed by atoms with Gasteiger partial charge in [-0.1, -0.05) is 12.1 Å². The Bertz CT molecular complexity index is 2180. The highest BCUT2D eigenvalue weighted by Gasteiger charge is 2.45. The number of primary amides is 1. The van der Waals surface area contributed by atoms with Gasteiger partial charge in [-0.2, -0.15) is 0 Å². The number of Topliss-reactive ketones (excluding diaryl/α,β-unsaturated/α-hetero) is 1. The highest BCUT2D eigenvalue weighted by molar-refractivity contribution is 7.90. The number of amides is 4. The van der Waals surface area contributed by atoms with Crippen molar-refractivity contribution < 1.29 is 46.6 Å². The SMILES string of the molecule is CC(C)N1CC[C@H]2CC[C@@H](C(=O)N[C@@H](CCC(N)=O)C(=O)NCc3ccc(S(C)(=O)=O)cc3)N2C(=O)[C@@H](CC(=O)c2cc3cc(C(=O)P(C)(=O)O)ccc3[nH]2)C1. The monoisotopic (exact) mass is 812 g/mol. The minimum Gasteiger partial charge on any atom is -0.370 e. The van der Waals surface area contributed by atoms with Crippen molar-refractivity contribution in [1.82, 2.24) is 25.4 Å². The lowest BCUT2D eigenvalue weighted by Gasteiger charge is -2.40. The molecule has 0 radical (unpaired) electrons. The van der Waals surface area contributed by atoms with Crippen molar-refractivity contribution in [3.05, 3.63) is 65.4 Å². The second kappa shape index (κ2) is 17.2. The molecule has 1 unspecified atom stereocenters. The predicted molar refractivity (Wildman–Crippen MR) is 208 cm³/mol. The van der Waals surface area contributed by atoms with Gasteiger partial charge in [0.2, 0.25) is 29.2 Å². The number of hydrogen-bond acceptors (Lipinski definition) is 10. The van der Waals surface area contributed by atoms with Crippen LogP contribution in [0, 0.1) is 5.92 Å². The van der Waals surface area contributed by atoms with Gasteiger partial charge >= 0.3 is 0 Å². The number of aromatic nitrogens is 1. The third kappa shape index (κ3) is 10.2. The fraction of sp³-hybridized carbons (Fsp3) is 0.474. The van der Waals surface area contributed by atoms with Gasteiger partial charge in [-0.15, -0.1) is 0 Å². The van der Waals surface area contributed by atoms with E-state index in [4.69, 9.17) is 5.73 Å². The van der Waals surface area contributed by atoms with Crippen LogP contribution in [0.1, 0.15) is 78.8 Å². The molecule has 2 aliphatic rings. The van der Waals surface area contributed by atoms with Crippen LogP contribution in [0.4, 0.5) is 0 Å². The molecule has 0 aliphatic carbocycles. The molecular formula is C38H49N6O10PS. The summed E-state index contributed by atoms with van der Waals surface area (Å²) in [5, 5.41) is 5.95. The van der Waals surface area contributed by atoms with E-state index in [1.807, 2.05) is 13.8 Å². The summed E-state index contributed by atoms with van der Waals surface area (Å²) in [7, 11) is -7.44. The van der Waals surface area contributed by atoms with Crippen LogP contribution in [0.25, 0.3) is 10.9 Å². The van der Waals surface area contributed by atoms with Gasteiger partial charge in [0.15, 0.2) is 15.6 Å². The molecule has 2 aromatic carbocycles. The zero-order valence-electron chi connectivity index (χ0n) is 31.8. The van der Waals surface area contributed by atoms with Crippen LogP contribution in [0.2, 0.25) is 0 Å². The molecule has 6 N–H and O–H groups in total. The first kappa shape index (κ1) is 42.4. The molecule has 3 heterocycles. The summed E-state index contributed by atoms with van der Waals surface area (Å²) in [5.74, 6) is -3.40. The van der Waals surface area contributed by atoms with Crippen molar-refractivity contribution in [1.29, 1.82) is 0 Å². The number of carbonyl (C=O) groups excluding carboxylic acids is 6. The minimum absolute atomic E-state index is 0.0170. The number of aromatic amines is 1. The summed E-state index contributed by atoms with van der Waals surface area (Å²) in [4.78, 5) is 96.4. The van der Waals surface area contributed by atoms with E-state index in [9.17, 15) is 46.6 Å². The van der Waals surface area contributed by atoms with Crippen molar-refractivity contribution in [3.8, 4) is 0 Å². The van der Waals surface area contributed by atoms with Crippen LogP contribution in [-0.2, 0) is 40.1 Å². The lowest BCUT2D eigenvalue weighted by Crippen LogP contribution is -2.57. The largest absolute Gasteiger partial charge is 0.370 e. The maximum Gasteiger partial charge on any atom is 0.266 e. The van der Waals surface area contributed by atoms with E-state index >= 15 is 0 Å². The van der Waals surface area contributed by atoms with Crippen molar-refractivity contribution in [3.63, 3.8) is 0 Å². The number of carbonyl (C=O) groups is 6. The average molecular weight is 813 g/mol. The molecule has 18 heteroatoms. The van der Waals surface area contributed by atoms with Crippen LogP contribution in [0.5, 0.6) is 0 Å². The van der Waals surface area contributed by atoms with Gasteiger partial charge in [-0.3, -0.25) is 33.3 Å². The van der Waals surface area contributed by atoms with Crippen LogP contribution in [-0.4, -0.2) is 113 Å². The van der Waals surface area contributed by atoms with E-state index in [0.717, 1.165) is 12.9 Å². The number of nitrogens with zero attached hydrogens (tertiary/aromatic N) is 2. The van der Waals surface area contributed by atoms with E-state index < -0.39 is 58.5 Å². The third-order valence-corrected chi connectivity index (χ3v) is 12.6. The number of benzene rings is 2. The molecule has 2 saturated heterocycles. The second-order valence-corrected chi connectivity index (χ2v) is 19.2. The Morgan fingerprint density at radius 1 is 1.04 bits per heavy atom. The Morgan fingerprint density at radius 3 is 2.36 bits per heavy atom. The number of ketones is 1. The topological polar surface area (TPSA) is 246 Å².